The molecule has 3 unspecified atom stereocenters. The molecular weight excluding hydrogens is 432 g/mol. The number of hydrogen-bond donors (Lipinski definition) is 3. The summed E-state index contributed by atoms with van der Waals surface area (Å²) in [4.78, 5) is 26.4. The molecule has 3 aromatic heterocycles. The molecule has 7 nitrogen and oxygen atoms in total. The highest BCUT2D eigenvalue weighted by Gasteiger charge is 2.31. The monoisotopic (exact) mass is 464 g/mol. The zero-order valence-corrected chi connectivity index (χ0v) is 20.3. The van der Waals surface area contributed by atoms with E-state index in [9.17, 15) is 4.79 Å². The maximum Gasteiger partial charge on any atom is 0.263 e. The van der Waals surface area contributed by atoms with Crippen LogP contribution < -0.4 is 21.7 Å². The van der Waals surface area contributed by atoms with Crippen LogP contribution in [-0.4, -0.2) is 40.5 Å². The van der Waals surface area contributed by atoms with Crippen molar-refractivity contribution in [2.24, 2.45) is 5.73 Å². The summed E-state index contributed by atoms with van der Waals surface area (Å²) in [7, 11) is 0. The molecule has 0 radical (unpaired) electrons. The molecule has 4 heterocycles. The molecule has 1 amide bonds. The average Bonchev–Trinajstić information content (AvgIpc) is 3.32. The molecular formula is C25H32N6OS. The van der Waals surface area contributed by atoms with Gasteiger partial charge in [-0.25, -0.2) is 9.97 Å². The van der Waals surface area contributed by atoms with E-state index in [4.69, 9.17) is 16.5 Å². The maximum absolute atomic E-state index is 13.1. The first-order valence-corrected chi connectivity index (χ1v) is 12.6. The van der Waals surface area contributed by atoms with Crippen molar-refractivity contribution < 1.29 is 4.79 Å². The fraction of sp³-hybridized carbons (Fsp3) is 0.480. The summed E-state index contributed by atoms with van der Waals surface area (Å²) in [6, 6.07) is 7.06. The highest BCUT2D eigenvalue weighted by atomic mass is 32.1. The van der Waals surface area contributed by atoms with E-state index in [0.717, 1.165) is 71.6 Å². The van der Waals surface area contributed by atoms with E-state index < -0.39 is 0 Å². The maximum atomic E-state index is 13.1. The number of nitrogens with zero attached hydrogens (tertiary/aromatic N) is 3. The van der Waals surface area contributed by atoms with Crippen LogP contribution in [0.4, 0.5) is 11.5 Å². The quantitative estimate of drug-likeness (QED) is 0.545. The van der Waals surface area contributed by atoms with Crippen molar-refractivity contribution in [3.8, 4) is 0 Å². The lowest BCUT2D eigenvalue weighted by Crippen LogP contribution is -2.39. The number of nitrogens with one attached hydrogen (secondary N) is 1. The van der Waals surface area contributed by atoms with Crippen LogP contribution in [0.25, 0.3) is 10.2 Å². The van der Waals surface area contributed by atoms with E-state index in [1.165, 1.54) is 16.9 Å². The van der Waals surface area contributed by atoms with Crippen molar-refractivity contribution in [1.82, 2.24) is 15.3 Å². The summed E-state index contributed by atoms with van der Waals surface area (Å²) in [5.74, 6) is 0.926. The largest absolute Gasteiger partial charge is 0.397 e. The number of pyridine rings is 2. The summed E-state index contributed by atoms with van der Waals surface area (Å²) in [6.07, 6.45) is 4.61. The number of nitrogen functional groups attached to an aromatic ring is 1. The van der Waals surface area contributed by atoms with Gasteiger partial charge in [0.15, 0.2) is 0 Å². The number of anilines is 2. The number of fused-ring (bicyclic) bond motifs is 2. The highest BCUT2D eigenvalue weighted by molar-refractivity contribution is 7.21. The van der Waals surface area contributed by atoms with E-state index in [-0.39, 0.29) is 18.0 Å². The number of amides is 1. The third-order valence-electron chi connectivity index (χ3n) is 7.03. The molecule has 8 heteroatoms. The summed E-state index contributed by atoms with van der Waals surface area (Å²) in [5.41, 5.74) is 17.5. The molecule has 1 saturated heterocycles. The fourth-order valence-electron chi connectivity index (χ4n) is 5.39. The third kappa shape index (κ3) is 4.06. The van der Waals surface area contributed by atoms with Crippen molar-refractivity contribution in [2.75, 3.05) is 17.2 Å². The Morgan fingerprint density at radius 2 is 2.12 bits per heavy atom. The Labute approximate surface area is 198 Å². The zero-order valence-electron chi connectivity index (χ0n) is 19.5. The topological polar surface area (TPSA) is 110 Å². The summed E-state index contributed by atoms with van der Waals surface area (Å²) >= 11 is 1.38. The standard InChI is InChI=1S/C25H32N6OS/c1-4-18-11-16(26)12-31(18)20-8-5-15-10-17(6-7-19(15)30-20)29-24(32)23-22(27)21-13(2)9-14(3)28-25(21)33-23/h5,8-9,16-18H,4,6-7,10-12,26-27H2,1-3H3,(H,29,32). The van der Waals surface area contributed by atoms with Gasteiger partial charge in [-0.1, -0.05) is 13.0 Å². The minimum absolute atomic E-state index is 0.0710. The van der Waals surface area contributed by atoms with Crippen LogP contribution in [0.3, 0.4) is 0 Å². The number of rotatable bonds is 4. The normalized spacial score (nSPS) is 22.5. The molecule has 0 bridgehead atoms. The Bertz CT molecular complexity index is 1220. The Balaban J connectivity index is 1.31. The van der Waals surface area contributed by atoms with Gasteiger partial charge < -0.3 is 21.7 Å². The molecule has 0 aromatic carbocycles. The van der Waals surface area contributed by atoms with Gasteiger partial charge in [0.1, 0.15) is 15.5 Å². The number of aryl methyl sites for hydroxylation is 3. The van der Waals surface area contributed by atoms with Gasteiger partial charge in [0.05, 0.1) is 5.69 Å². The number of carbonyl (C=O) groups is 1. The minimum Gasteiger partial charge on any atom is -0.397 e. The van der Waals surface area contributed by atoms with Gasteiger partial charge in [-0.15, -0.1) is 11.3 Å². The van der Waals surface area contributed by atoms with E-state index in [1.54, 1.807) is 0 Å². The lowest BCUT2D eigenvalue weighted by atomic mass is 9.91. The Kier molecular flexibility index (Phi) is 5.74. The van der Waals surface area contributed by atoms with Crippen molar-refractivity contribution in [3.05, 3.63) is 45.6 Å². The minimum atomic E-state index is -0.109. The van der Waals surface area contributed by atoms with Crippen LogP contribution in [0.1, 0.15) is 58.4 Å². The molecule has 5 N–H and O–H groups in total. The highest BCUT2D eigenvalue weighted by Crippen LogP contribution is 2.35. The molecule has 1 aliphatic carbocycles. The van der Waals surface area contributed by atoms with Crippen molar-refractivity contribution in [2.45, 2.75) is 71.0 Å². The molecule has 0 saturated carbocycles. The SMILES string of the molecule is CCC1CC(N)CN1c1ccc2c(n1)CCC(NC(=O)c1sc3nc(C)cc(C)c3c1N)C2. The summed E-state index contributed by atoms with van der Waals surface area (Å²) in [5, 5.41) is 4.11. The van der Waals surface area contributed by atoms with Gasteiger partial charge in [-0.05, 0) is 69.2 Å². The second-order valence-corrected chi connectivity index (χ2v) is 10.5. The van der Waals surface area contributed by atoms with Crippen molar-refractivity contribution >= 4 is 39.0 Å². The van der Waals surface area contributed by atoms with Crippen LogP contribution >= 0.6 is 11.3 Å². The van der Waals surface area contributed by atoms with Crippen LogP contribution in [0.2, 0.25) is 0 Å². The Morgan fingerprint density at radius 3 is 2.91 bits per heavy atom. The summed E-state index contributed by atoms with van der Waals surface area (Å²) < 4.78 is 0. The van der Waals surface area contributed by atoms with Crippen LogP contribution in [0, 0.1) is 13.8 Å². The number of aromatic nitrogens is 2. The van der Waals surface area contributed by atoms with Gasteiger partial charge >= 0.3 is 0 Å². The van der Waals surface area contributed by atoms with Crippen LogP contribution in [-0.2, 0) is 12.8 Å². The first-order chi connectivity index (χ1) is 15.8. The predicted molar refractivity (Wildman–Crippen MR) is 135 cm³/mol. The van der Waals surface area contributed by atoms with E-state index in [1.807, 2.05) is 19.9 Å². The van der Waals surface area contributed by atoms with Gasteiger partial charge in [-0.2, -0.15) is 0 Å². The molecule has 33 heavy (non-hydrogen) atoms. The van der Waals surface area contributed by atoms with E-state index >= 15 is 0 Å². The number of carbonyl (C=O) groups excluding carboxylic acids is 1. The smallest absolute Gasteiger partial charge is 0.263 e. The lowest BCUT2D eigenvalue weighted by molar-refractivity contribution is 0.0938. The Hall–Kier alpha value is -2.71. The van der Waals surface area contributed by atoms with Gasteiger partial charge in [0.25, 0.3) is 5.91 Å². The lowest BCUT2D eigenvalue weighted by Gasteiger charge is -2.28. The second kappa shape index (κ2) is 8.57. The van der Waals surface area contributed by atoms with Gasteiger partial charge in [0, 0.05) is 41.4 Å². The zero-order chi connectivity index (χ0) is 23.3. The first-order valence-electron chi connectivity index (χ1n) is 11.8. The molecule has 5 rings (SSSR count). The van der Waals surface area contributed by atoms with Crippen molar-refractivity contribution in [1.29, 1.82) is 0 Å². The van der Waals surface area contributed by atoms with E-state index in [2.05, 4.69) is 34.3 Å². The second-order valence-electron chi connectivity index (χ2n) is 9.50. The predicted octanol–water partition coefficient (Wildman–Crippen LogP) is 3.49. The molecule has 2 aliphatic rings. The molecule has 1 fully saturated rings. The first kappa shape index (κ1) is 22.1. The van der Waals surface area contributed by atoms with Gasteiger partial charge in [-0.3, -0.25) is 4.79 Å². The number of nitrogens with two attached hydrogens (primary N) is 2. The molecule has 1 aliphatic heterocycles. The molecule has 3 aromatic rings. The van der Waals surface area contributed by atoms with Gasteiger partial charge in [0.2, 0.25) is 0 Å². The molecule has 3 atom stereocenters. The number of thiophene rings is 1. The van der Waals surface area contributed by atoms with Crippen molar-refractivity contribution in [3.63, 3.8) is 0 Å². The molecule has 174 valence electrons. The van der Waals surface area contributed by atoms with Crippen LogP contribution in [0.15, 0.2) is 18.2 Å². The fourth-order valence-corrected chi connectivity index (χ4v) is 6.51. The van der Waals surface area contributed by atoms with E-state index in [0.29, 0.717) is 16.6 Å². The Morgan fingerprint density at radius 1 is 1.30 bits per heavy atom. The summed E-state index contributed by atoms with van der Waals surface area (Å²) in [6.45, 7) is 7.05. The molecule has 0 spiro atoms. The average molecular weight is 465 g/mol. The third-order valence-corrected chi connectivity index (χ3v) is 8.13. The number of hydrogen-bond acceptors (Lipinski definition) is 7. The van der Waals surface area contributed by atoms with Crippen LogP contribution in [0.5, 0.6) is 0 Å².